The highest BCUT2D eigenvalue weighted by Crippen LogP contribution is 2.09. The van der Waals surface area contributed by atoms with Gasteiger partial charge in [0.15, 0.2) is 0 Å². The number of amides is 3. The van der Waals surface area contributed by atoms with Gasteiger partial charge in [-0.1, -0.05) is 12.1 Å². The molecule has 0 aromatic heterocycles. The lowest BCUT2D eigenvalue weighted by Crippen LogP contribution is -2.35. The monoisotopic (exact) mass is 377 g/mol. The molecule has 0 aliphatic rings. The van der Waals surface area contributed by atoms with Gasteiger partial charge in [-0.3, -0.25) is 9.59 Å². The molecule has 2 N–H and O–H groups in total. The maximum Gasteiger partial charge on any atom is 0.407 e. The van der Waals surface area contributed by atoms with Crippen LogP contribution in [-0.2, 0) is 16.1 Å². The van der Waals surface area contributed by atoms with E-state index in [9.17, 15) is 14.4 Å². The van der Waals surface area contributed by atoms with Gasteiger partial charge in [0.25, 0.3) is 5.91 Å². The lowest BCUT2D eigenvalue weighted by molar-refractivity contribution is -0.121. The van der Waals surface area contributed by atoms with Gasteiger partial charge in [-0.15, -0.1) is 0 Å². The van der Waals surface area contributed by atoms with Crippen LogP contribution in [0.15, 0.2) is 24.3 Å². The molecule has 0 aliphatic heterocycles. The van der Waals surface area contributed by atoms with Crippen LogP contribution in [0.5, 0.6) is 0 Å². The molecule has 0 spiro atoms. The van der Waals surface area contributed by atoms with E-state index < -0.39 is 11.7 Å². The van der Waals surface area contributed by atoms with Crippen molar-refractivity contribution in [1.29, 1.82) is 0 Å². The second-order valence-electron chi connectivity index (χ2n) is 7.66. The summed E-state index contributed by atoms with van der Waals surface area (Å²) in [5, 5.41) is 5.33. The first-order valence-corrected chi connectivity index (χ1v) is 9.09. The number of carbonyl (C=O) groups is 3. The Bertz CT molecular complexity index is 648. The van der Waals surface area contributed by atoms with Crippen molar-refractivity contribution in [2.75, 3.05) is 13.6 Å². The largest absolute Gasteiger partial charge is 0.444 e. The van der Waals surface area contributed by atoms with Gasteiger partial charge in [-0.2, -0.15) is 0 Å². The molecule has 0 saturated carbocycles. The molecule has 0 bridgehead atoms. The molecule has 0 fully saturated rings. The first kappa shape index (κ1) is 22.5. The number of alkyl carbamates (subject to hydrolysis) is 1. The number of hydrogen-bond donors (Lipinski definition) is 2. The molecular weight excluding hydrogens is 346 g/mol. The van der Waals surface area contributed by atoms with Gasteiger partial charge in [0.2, 0.25) is 5.91 Å². The Balaban J connectivity index is 2.38. The van der Waals surface area contributed by atoms with Crippen LogP contribution in [0, 0.1) is 0 Å². The van der Waals surface area contributed by atoms with Crippen LogP contribution < -0.4 is 10.6 Å². The molecule has 1 aromatic rings. The highest BCUT2D eigenvalue weighted by Gasteiger charge is 2.16. The zero-order chi connectivity index (χ0) is 20.6. The van der Waals surface area contributed by atoms with Crippen molar-refractivity contribution in [3.63, 3.8) is 0 Å². The van der Waals surface area contributed by atoms with E-state index in [0.29, 0.717) is 12.1 Å². The fourth-order valence-electron chi connectivity index (χ4n) is 2.08. The van der Waals surface area contributed by atoms with Crippen molar-refractivity contribution >= 4 is 17.9 Å². The number of rotatable bonds is 7. The quantitative estimate of drug-likeness (QED) is 0.765. The average molecular weight is 377 g/mol. The summed E-state index contributed by atoms with van der Waals surface area (Å²) in [6.45, 7) is 9.81. The topological polar surface area (TPSA) is 87.7 Å². The van der Waals surface area contributed by atoms with Crippen LogP contribution in [-0.4, -0.2) is 48.0 Å². The van der Waals surface area contributed by atoms with E-state index in [0.717, 1.165) is 5.56 Å². The smallest absolute Gasteiger partial charge is 0.407 e. The Labute approximate surface area is 161 Å². The molecule has 0 aliphatic carbocycles. The maximum absolute atomic E-state index is 12.2. The molecule has 27 heavy (non-hydrogen) atoms. The highest BCUT2D eigenvalue weighted by molar-refractivity contribution is 5.94. The molecule has 3 amide bonds. The lowest BCUT2D eigenvalue weighted by Gasteiger charge is -2.21. The summed E-state index contributed by atoms with van der Waals surface area (Å²) in [6.07, 6.45) is -0.378. The lowest BCUT2D eigenvalue weighted by atomic mass is 10.1. The Morgan fingerprint density at radius 3 is 2.19 bits per heavy atom. The number of carbonyl (C=O) groups excluding carboxylic acids is 3. The van der Waals surface area contributed by atoms with Crippen molar-refractivity contribution in [3.05, 3.63) is 35.4 Å². The fourth-order valence-corrected chi connectivity index (χ4v) is 2.08. The second-order valence-corrected chi connectivity index (χ2v) is 7.66. The molecule has 1 aromatic carbocycles. The second kappa shape index (κ2) is 9.94. The SMILES string of the molecule is CC(C)N(C)C(=O)c1ccc(CNC(=O)CCNC(=O)OC(C)(C)C)cc1. The minimum atomic E-state index is -0.566. The van der Waals surface area contributed by atoms with E-state index in [1.165, 1.54) is 0 Å². The zero-order valence-corrected chi connectivity index (χ0v) is 17.1. The van der Waals surface area contributed by atoms with Gasteiger partial charge >= 0.3 is 6.09 Å². The molecule has 1 rings (SSSR count). The first-order valence-electron chi connectivity index (χ1n) is 9.09. The third kappa shape index (κ3) is 8.57. The number of hydrogen-bond acceptors (Lipinski definition) is 4. The van der Waals surface area contributed by atoms with Crippen molar-refractivity contribution in [3.8, 4) is 0 Å². The van der Waals surface area contributed by atoms with Crippen molar-refractivity contribution in [2.24, 2.45) is 0 Å². The summed E-state index contributed by atoms with van der Waals surface area (Å²) in [5.41, 5.74) is 0.944. The van der Waals surface area contributed by atoms with Gasteiger partial charge in [0.1, 0.15) is 5.60 Å². The van der Waals surface area contributed by atoms with Crippen molar-refractivity contribution < 1.29 is 19.1 Å². The minimum absolute atomic E-state index is 0.0335. The molecule has 0 unspecified atom stereocenters. The molecule has 0 atom stereocenters. The van der Waals surface area contributed by atoms with Gasteiger partial charge in [0, 0.05) is 38.2 Å². The summed E-state index contributed by atoms with van der Waals surface area (Å²) >= 11 is 0. The van der Waals surface area contributed by atoms with Gasteiger partial charge < -0.3 is 20.3 Å². The van der Waals surface area contributed by atoms with E-state index in [-0.39, 0.29) is 30.8 Å². The fraction of sp³-hybridized carbons (Fsp3) is 0.550. The molecule has 7 nitrogen and oxygen atoms in total. The minimum Gasteiger partial charge on any atom is -0.444 e. The Morgan fingerprint density at radius 1 is 1.07 bits per heavy atom. The summed E-state index contributed by atoms with van der Waals surface area (Å²) < 4.78 is 5.10. The van der Waals surface area contributed by atoms with E-state index in [4.69, 9.17) is 4.74 Å². The normalized spacial score (nSPS) is 11.1. The maximum atomic E-state index is 12.2. The van der Waals surface area contributed by atoms with Crippen LogP contribution in [0.4, 0.5) is 4.79 Å². The molecule has 7 heteroatoms. The van der Waals surface area contributed by atoms with Crippen LogP contribution in [0.25, 0.3) is 0 Å². The van der Waals surface area contributed by atoms with Crippen LogP contribution in [0.1, 0.15) is 57.0 Å². The summed E-state index contributed by atoms with van der Waals surface area (Å²) in [7, 11) is 1.77. The molecule has 150 valence electrons. The van der Waals surface area contributed by atoms with Crippen LogP contribution >= 0.6 is 0 Å². The summed E-state index contributed by atoms with van der Waals surface area (Å²) in [5.74, 6) is -0.209. The summed E-state index contributed by atoms with van der Waals surface area (Å²) in [6, 6.07) is 7.28. The predicted octanol–water partition coefficient (Wildman–Crippen LogP) is 2.70. The standard InChI is InChI=1S/C20H31N3O4/c1-14(2)23(6)18(25)16-9-7-15(8-10-16)13-22-17(24)11-12-21-19(26)27-20(3,4)5/h7-10,14H,11-13H2,1-6H3,(H,21,26)(H,22,24). The van der Waals surface area contributed by atoms with E-state index in [1.54, 1.807) is 44.9 Å². The Kier molecular flexibility index (Phi) is 8.28. The predicted molar refractivity (Wildman–Crippen MR) is 104 cm³/mol. The number of ether oxygens (including phenoxy) is 1. The number of nitrogens with one attached hydrogen (secondary N) is 2. The van der Waals surface area contributed by atoms with Gasteiger partial charge in [-0.05, 0) is 52.3 Å². The van der Waals surface area contributed by atoms with Gasteiger partial charge in [-0.25, -0.2) is 4.79 Å². The van der Waals surface area contributed by atoms with E-state index >= 15 is 0 Å². The first-order chi connectivity index (χ1) is 12.5. The van der Waals surface area contributed by atoms with Crippen LogP contribution in [0.2, 0.25) is 0 Å². The third-order valence-electron chi connectivity index (χ3n) is 3.81. The Hall–Kier alpha value is -2.57. The third-order valence-corrected chi connectivity index (χ3v) is 3.81. The number of nitrogens with zero attached hydrogens (tertiary/aromatic N) is 1. The van der Waals surface area contributed by atoms with Crippen LogP contribution in [0.3, 0.4) is 0 Å². The average Bonchev–Trinajstić information content (AvgIpc) is 2.57. The molecule has 0 saturated heterocycles. The van der Waals surface area contributed by atoms with Crippen molar-refractivity contribution in [1.82, 2.24) is 15.5 Å². The van der Waals surface area contributed by atoms with E-state index in [2.05, 4.69) is 10.6 Å². The molecule has 0 radical (unpaired) electrons. The van der Waals surface area contributed by atoms with Crippen molar-refractivity contribution in [2.45, 2.75) is 59.2 Å². The Morgan fingerprint density at radius 2 is 1.67 bits per heavy atom. The zero-order valence-electron chi connectivity index (χ0n) is 17.1. The highest BCUT2D eigenvalue weighted by atomic mass is 16.6. The molecule has 0 heterocycles. The van der Waals surface area contributed by atoms with Gasteiger partial charge in [0.05, 0.1) is 0 Å². The number of benzene rings is 1. The molecular formula is C20H31N3O4. The summed E-state index contributed by atoms with van der Waals surface area (Å²) in [4.78, 5) is 37.3. The van der Waals surface area contributed by atoms with E-state index in [1.807, 2.05) is 26.0 Å².